The number of aromatic nitrogens is 2. The highest BCUT2D eigenvalue weighted by Crippen LogP contribution is 2.32. The molecule has 1 aliphatic rings. The minimum atomic E-state index is -4.42. The molecule has 0 radical (unpaired) electrons. The van der Waals surface area contributed by atoms with Gasteiger partial charge in [-0.2, -0.15) is 13.2 Å². The number of imidazole rings is 1. The lowest BCUT2D eigenvalue weighted by Gasteiger charge is -2.26. The van der Waals surface area contributed by atoms with Crippen LogP contribution in [-0.2, 0) is 12.7 Å². The van der Waals surface area contributed by atoms with Gasteiger partial charge in [0, 0.05) is 18.3 Å². The molecule has 29 heavy (non-hydrogen) atoms. The van der Waals surface area contributed by atoms with Gasteiger partial charge in [-0.05, 0) is 49.9 Å². The Morgan fingerprint density at radius 1 is 1.24 bits per heavy atom. The maximum Gasteiger partial charge on any atom is 0.416 e. The Labute approximate surface area is 165 Å². The van der Waals surface area contributed by atoms with E-state index in [9.17, 15) is 18.0 Å². The molecule has 0 saturated heterocycles. The summed E-state index contributed by atoms with van der Waals surface area (Å²) in [5.41, 5.74) is 1.65. The summed E-state index contributed by atoms with van der Waals surface area (Å²) in [6.45, 7) is 1.78. The van der Waals surface area contributed by atoms with E-state index in [1.807, 2.05) is 0 Å². The van der Waals surface area contributed by atoms with Crippen LogP contribution in [0.2, 0.25) is 0 Å². The molecule has 152 valence electrons. The maximum atomic E-state index is 13.2. The minimum Gasteiger partial charge on any atom is -0.381 e. The molecule has 1 saturated carbocycles. The molecule has 3 N–H and O–H groups in total. The number of benzene rings is 2. The molecule has 0 aliphatic heterocycles. The first-order chi connectivity index (χ1) is 13.8. The highest BCUT2D eigenvalue weighted by Gasteiger charge is 2.32. The number of nitrogens with one attached hydrogen (secondary N) is 3. The number of carbonyl (C=O) groups is 1. The van der Waals surface area contributed by atoms with E-state index in [0.717, 1.165) is 25.3 Å². The lowest BCUT2D eigenvalue weighted by molar-refractivity contribution is -0.138. The largest absolute Gasteiger partial charge is 0.416 e. The Kier molecular flexibility index (Phi) is 4.94. The average Bonchev–Trinajstić information content (AvgIpc) is 3.01. The fourth-order valence-corrected chi connectivity index (χ4v) is 3.48. The van der Waals surface area contributed by atoms with Gasteiger partial charge < -0.3 is 15.6 Å². The van der Waals surface area contributed by atoms with Crippen molar-refractivity contribution in [1.82, 2.24) is 15.3 Å². The van der Waals surface area contributed by atoms with Crippen LogP contribution in [0.4, 0.5) is 18.9 Å². The van der Waals surface area contributed by atoms with Crippen LogP contribution in [0.3, 0.4) is 0 Å². The number of hydrogen-bond donors (Lipinski definition) is 3. The van der Waals surface area contributed by atoms with E-state index < -0.39 is 11.7 Å². The number of carbonyl (C=O) groups excluding carboxylic acids is 1. The van der Waals surface area contributed by atoms with Crippen molar-refractivity contribution in [3.63, 3.8) is 0 Å². The Bertz CT molecular complexity index is 1050. The summed E-state index contributed by atoms with van der Waals surface area (Å²) in [4.78, 5) is 20.2. The van der Waals surface area contributed by atoms with E-state index >= 15 is 0 Å². The zero-order valence-corrected chi connectivity index (χ0v) is 15.9. The molecule has 3 aromatic rings. The molecule has 0 unspecified atom stereocenters. The summed E-state index contributed by atoms with van der Waals surface area (Å²) in [6, 6.07) is 9.03. The smallest absolute Gasteiger partial charge is 0.381 e. The molecule has 4 rings (SSSR count). The monoisotopic (exact) mass is 402 g/mol. The number of hydrogen-bond acceptors (Lipinski definition) is 3. The lowest BCUT2D eigenvalue weighted by Crippen LogP contribution is -2.39. The Balaban J connectivity index is 1.62. The van der Waals surface area contributed by atoms with Gasteiger partial charge in [0.25, 0.3) is 5.91 Å². The van der Waals surface area contributed by atoms with Gasteiger partial charge in [0.1, 0.15) is 11.3 Å². The number of aryl methyl sites for hydroxylation is 1. The van der Waals surface area contributed by atoms with Gasteiger partial charge in [-0.3, -0.25) is 4.79 Å². The Hall–Kier alpha value is -3.03. The average molecular weight is 402 g/mol. The first-order valence-corrected chi connectivity index (χ1v) is 9.51. The molecule has 0 atom stereocenters. The third-order valence-electron chi connectivity index (χ3n) is 5.20. The van der Waals surface area contributed by atoms with Crippen molar-refractivity contribution >= 4 is 22.6 Å². The second-order valence-corrected chi connectivity index (χ2v) is 7.35. The zero-order chi connectivity index (χ0) is 20.6. The van der Waals surface area contributed by atoms with Crippen LogP contribution in [0, 0.1) is 6.92 Å². The van der Waals surface area contributed by atoms with E-state index in [1.165, 1.54) is 12.1 Å². The molecule has 0 bridgehead atoms. The molecular weight excluding hydrogens is 381 g/mol. The molecule has 1 aromatic heterocycles. The number of fused-ring (bicyclic) bond motifs is 1. The van der Waals surface area contributed by atoms with E-state index in [0.29, 0.717) is 28.1 Å². The molecule has 2 aromatic carbocycles. The van der Waals surface area contributed by atoms with Crippen molar-refractivity contribution in [3.8, 4) is 0 Å². The maximum absolute atomic E-state index is 13.2. The van der Waals surface area contributed by atoms with E-state index in [-0.39, 0.29) is 24.1 Å². The lowest BCUT2D eigenvalue weighted by atomic mass is 9.93. The first kappa shape index (κ1) is 19.3. The van der Waals surface area contributed by atoms with E-state index in [4.69, 9.17) is 0 Å². The van der Waals surface area contributed by atoms with Gasteiger partial charge in [-0.15, -0.1) is 0 Å². The van der Waals surface area contributed by atoms with E-state index in [1.54, 1.807) is 25.1 Å². The van der Waals surface area contributed by atoms with Gasteiger partial charge in [-0.25, -0.2) is 4.98 Å². The van der Waals surface area contributed by atoms with Crippen LogP contribution in [0.25, 0.3) is 11.0 Å². The second-order valence-electron chi connectivity index (χ2n) is 7.35. The van der Waals surface area contributed by atoms with Crippen molar-refractivity contribution < 1.29 is 18.0 Å². The van der Waals surface area contributed by atoms with Gasteiger partial charge >= 0.3 is 6.18 Å². The third-order valence-corrected chi connectivity index (χ3v) is 5.20. The number of amides is 1. The second kappa shape index (κ2) is 7.42. The normalized spacial score (nSPS) is 14.6. The van der Waals surface area contributed by atoms with Gasteiger partial charge in [-0.1, -0.05) is 18.2 Å². The van der Waals surface area contributed by atoms with Crippen molar-refractivity contribution in [2.24, 2.45) is 0 Å². The molecule has 8 heteroatoms. The van der Waals surface area contributed by atoms with Crippen molar-refractivity contribution in [2.75, 3.05) is 5.32 Å². The SMILES string of the molecule is Cc1nc2c(C(=O)NC3CCC3)cc(NCc3ccccc3C(F)(F)F)cc2[nH]1. The molecule has 1 aliphatic carbocycles. The van der Waals surface area contributed by atoms with Gasteiger partial charge in [0.15, 0.2) is 0 Å². The number of anilines is 1. The predicted octanol–water partition coefficient (Wildman–Crippen LogP) is 4.78. The summed E-state index contributed by atoms with van der Waals surface area (Å²) in [5, 5.41) is 6.02. The highest BCUT2D eigenvalue weighted by molar-refractivity contribution is 6.06. The number of halogens is 3. The summed E-state index contributed by atoms with van der Waals surface area (Å²) >= 11 is 0. The van der Waals surface area contributed by atoms with Crippen molar-refractivity contribution in [2.45, 2.75) is 44.9 Å². The fourth-order valence-electron chi connectivity index (χ4n) is 3.48. The number of nitrogens with zero attached hydrogens (tertiary/aromatic N) is 1. The number of rotatable bonds is 5. The number of aromatic amines is 1. The third kappa shape index (κ3) is 4.06. The van der Waals surface area contributed by atoms with Crippen LogP contribution in [0.5, 0.6) is 0 Å². The summed E-state index contributed by atoms with van der Waals surface area (Å²) in [5.74, 6) is 0.447. The molecular formula is C21H21F3N4O. The van der Waals surface area contributed by atoms with Crippen LogP contribution in [0.15, 0.2) is 36.4 Å². The first-order valence-electron chi connectivity index (χ1n) is 9.51. The summed E-state index contributed by atoms with van der Waals surface area (Å²) in [6.07, 6.45) is -1.40. The van der Waals surface area contributed by atoms with Gasteiger partial charge in [0.2, 0.25) is 0 Å². The van der Waals surface area contributed by atoms with Crippen molar-refractivity contribution in [1.29, 1.82) is 0 Å². The van der Waals surface area contributed by atoms with Gasteiger partial charge in [0.05, 0.1) is 16.6 Å². The number of H-pyrrole nitrogens is 1. The van der Waals surface area contributed by atoms with Crippen LogP contribution in [-0.4, -0.2) is 21.9 Å². The summed E-state index contributed by atoms with van der Waals surface area (Å²) < 4.78 is 39.7. The Morgan fingerprint density at radius 2 is 2.00 bits per heavy atom. The molecule has 1 fully saturated rings. The standard InChI is InChI=1S/C21H21F3N4O/c1-12-26-18-10-15(25-11-13-5-2-3-8-17(13)21(22,23)24)9-16(19(18)27-12)20(29)28-14-6-4-7-14/h2-3,5,8-10,14,25H,4,6-7,11H2,1H3,(H,26,27)(H,28,29). The van der Waals surface area contributed by atoms with E-state index in [2.05, 4.69) is 20.6 Å². The molecule has 1 heterocycles. The zero-order valence-electron chi connectivity index (χ0n) is 15.9. The highest BCUT2D eigenvalue weighted by atomic mass is 19.4. The molecule has 1 amide bonds. The van der Waals surface area contributed by atoms with Crippen LogP contribution in [0.1, 0.15) is 46.6 Å². The number of alkyl halides is 3. The minimum absolute atomic E-state index is 0.0159. The quantitative estimate of drug-likeness (QED) is 0.575. The Morgan fingerprint density at radius 3 is 2.69 bits per heavy atom. The summed E-state index contributed by atoms with van der Waals surface area (Å²) in [7, 11) is 0. The predicted molar refractivity (Wildman–Crippen MR) is 105 cm³/mol. The molecule has 0 spiro atoms. The topological polar surface area (TPSA) is 69.8 Å². The van der Waals surface area contributed by atoms with Crippen LogP contribution >= 0.6 is 0 Å². The van der Waals surface area contributed by atoms with Crippen molar-refractivity contribution in [3.05, 3.63) is 58.9 Å². The van der Waals surface area contributed by atoms with Crippen LogP contribution < -0.4 is 10.6 Å². The fraction of sp³-hybridized carbons (Fsp3) is 0.333. The molecule has 5 nitrogen and oxygen atoms in total.